The van der Waals surface area contributed by atoms with E-state index >= 15 is 0 Å². The highest BCUT2D eigenvalue weighted by Crippen LogP contribution is 2.29. The highest BCUT2D eigenvalue weighted by molar-refractivity contribution is 7.89. The minimum atomic E-state index is -4.12. The van der Waals surface area contributed by atoms with Gasteiger partial charge in [-0.05, 0) is 17.7 Å². The van der Waals surface area contributed by atoms with E-state index in [-0.39, 0.29) is 21.8 Å². The molecular weight excluding hydrogens is 306 g/mol. The van der Waals surface area contributed by atoms with E-state index in [1.165, 1.54) is 6.07 Å². The fourth-order valence-corrected chi connectivity index (χ4v) is 2.73. The molecule has 0 atom stereocenters. The number of hydrogen-bond acceptors (Lipinski definition) is 5. The summed E-state index contributed by atoms with van der Waals surface area (Å²) in [5.74, 6) is -1.29. The van der Waals surface area contributed by atoms with Crippen molar-refractivity contribution in [3.63, 3.8) is 0 Å². The number of anilines is 2. The van der Waals surface area contributed by atoms with Crippen molar-refractivity contribution >= 4 is 27.4 Å². The molecule has 0 amide bonds. The molecule has 2 rings (SSSR count). The summed E-state index contributed by atoms with van der Waals surface area (Å²) in [6.45, 7) is 0.319. The molecule has 0 heterocycles. The summed E-state index contributed by atoms with van der Waals surface area (Å²) in [5.41, 5.74) is 6.53. The maximum atomic E-state index is 11.7. The Bertz CT molecular complexity index is 804. The number of carboxylic acids is 1. The normalized spacial score (nSPS) is 11.1. The van der Waals surface area contributed by atoms with Crippen LogP contribution in [-0.2, 0) is 16.6 Å². The average molecular weight is 321 g/mol. The van der Waals surface area contributed by atoms with Gasteiger partial charge in [-0.1, -0.05) is 30.3 Å². The van der Waals surface area contributed by atoms with Crippen LogP contribution in [0.1, 0.15) is 15.9 Å². The zero-order valence-electron chi connectivity index (χ0n) is 11.5. The maximum absolute atomic E-state index is 11.7. The summed E-state index contributed by atoms with van der Waals surface area (Å²) in [7, 11) is -4.12. The molecule has 0 saturated heterocycles. The Morgan fingerprint density at radius 3 is 2.36 bits per heavy atom. The van der Waals surface area contributed by atoms with E-state index in [1.54, 1.807) is 0 Å². The molecule has 0 spiro atoms. The number of sulfonamides is 1. The van der Waals surface area contributed by atoms with Crippen LogP contribution in [0.25, 0.3) is 0 Å². The Labute approximate surface area is 127 Å². The van der Waals surface area contributed by atoms with Crippen molar-refractivity contribution in [1.82, 2.24) is 0 Å². The second kappa shape index (κ2) is 6.04. The van der Waals surface area contributed by atoms with E-state index in [1.807, 2.05) is 30.3 Å². The van der Waals surface area contributed by atoms with E-state index in [9.17, 15) is 13.2 Å². The molecule has 6 N–H and O–H groups in total. The molecule has 2 aromatic rings. The SMILES string of the molecule is Nc1cc(C(=O)O)cc(S(N)(=O)=O)c1NCc1ccccc1. The van der Waals surface area contributed by atoms with Crippen molar-refractivity contribution in [3.05, 3.63) is 53.6 Å². The van der Waals surface area contributed by atoms with E-state index in [0.717, 1.165) is 11.6 Å². The number of carbonyl (C=O) groups is 1. The van der Waals surface area contributed by atoms with Gasteiger partial charge >= 0.3 is 5.97 Å². The standard InChI is InChI=1S/C14H15N3O4S/c15-11-6-10(14(18)19)7-12(22(16,20)21)13(11)17-8-9-4-2-1-3-5-9/h1-7,17H,8,15H2,(H,18,19)(H2,16,20,21). The predicted octanol–water partition coefficient (Wildman–Crippen LogP) is 1.23. The van der Waals surface area contributed by atoms with Gasteiger partial charge in [0.1, 0.15) is 4.90 Å². The molecule has 0 fully saturated rings. The van der Waals surface area contributed by atoms with Crippen molar-refractivity contribution in [3.8, 4) is 0 Å². The van der Waals surface area contributed by atoms with Crippen LogP contribution < -0.4 is 16.2 Å². The van der Waals surface area contributed by atoms with Crippen LogP contribution in [-0.4, -0.2) is 19.5 Å². The van der Waals surface area contributed by atoms with Gasteiger partial charge in [0, 0.05) is 6.54 Å². The molecule has 8 heteroatoms. The minimum absolute atomic E-state index is 0.000133. The first-order valence-electron chi connectivity index (χ1n) is 6.26. The van der Waals surface area contributed by atoms with Crippen LogP contribution in [0.3, 0.4) is 0 Å². The van der Waals surface area contributed by atoms with E-state index in [0.29, 0.717) is 6.54 Å². The third-order valence-corrected chi connectivity index (χ3v) is 3.93. The number of aromatic carboxylic acids is 1. The number of primary sulfonamides is 1. The minimum Gasteiger partial charge on any atom is -0.478 e. The molecule has 0 aliphatic carbocycles. The number of hydrogen-bond donors (Lipinski definition) is 4. The molecule has 0 unspecified atom stereocenters. The lowest BCUT2D eigenvalue weighted by Gasteiger charge is -2.14. The Hall–Kier alpha value is -2.58. The van der Waals surface area contributed by atoms with Gasteiger partial charge in [0.05, 0.1) is 16.9 Å². The van der Waals surface area contributed by atoms with Gasteiger partial charge in [-0.15, -0.1) is 0 Å². The van der Waals surface area contributed by atoms with Crippen molar-refractivity contribution < 1.29 is 18.3 Å². The Kier molecular flexibility index (Phi) is 4.34. The van der Waals surface area contributed by atoms with Crippen LogP contribution in [0, 0.1) is 0 Å². The number of nitrogens with two attached hydrogens (primary N) is 2. The molecule has 0 aromatic heterocycles. The monoisotopic (exact) mass is 321 g/mol. The first-order valence-corrected chi connectivity index (χ1v) is 7.81. The fraction of sp³-hybridized carbons (Fsp3) is 0.0714. The number of nitrogen functional groups attached to an aromatic ring is 1. The molecule has 0 saturated carbocycles. The molecule has 0 aliphatic heterocycles. The Balaban J connectivity index is 2.43. The smallest absolute Gasteiger partial charge is 0.335 e. The van der Waals surface area contributed by atoms with Gasteiger partial charge in [-0.25, -0.2) is 18.4 Å². The van der Waals surface area contributed by atoms with Crippen LogP contribution in [0.5, 0.6) is 0 Å². The molecular formula is C14H15N3O4S. The third kappa shape index (κ3) is 3.54. The van der Waals surface area contributed by atoms with Gasteiger partial charge < -0.3 is 16.2 Å². The zero-order valence-corrected chi connectivity index (χ0v) is 12.3. The van der Waals surface area contributed by atoms with Gasteiger partial charge in [0.25, 0.3) is 0 Å². The number of benzene rings is 2. The first-order chi connectivity index (χ1) is 10.3. The number of nitrogens with one attached hydrogen (secondary N) is 1. The summed E-state index contributed by atoms with van der Waals surface area (Å²) >= 11 is 0. The van der Waals surface area contributed by atoms with Crippen LogP contribution >= 0.6 is 0 Å². The zero-order chi connectivity index (χ0) is 16.3. The highest BCUT2D eigenvalue weighted by Gasteiger charge is 2.20. The van der Waals surface area contributed by atoms with Crippen LogP contribution in [0.4, 0.5) is 11.4 Å². The molecule has 0 aliphatic rings. The second-order valence-corrected chi connectivity index (χ2v) is 6.16. The number of carboxylic acid groups (broad SMARTS) is 1. The van der Waals surface area contributed by atoms with Gasteiger partial charge in [-0.2, -0.15) is 0 Å². The van der Waals surface area contributed by atoms with Gasteiger partial charge in [0.15, 0.2) is 0 Å². The first kappa shape index (κ1) is 15.8. The fourth-order valence-electron chi connectivity index (χ4n) is 1.96. The largest absolute Gasteiger partial charge is 0.478 e. The molecule has 22 heavy (non-hydrogen) atoms. The molecule has 0 bridgehead atoms. The Morgan fingerprint density at radius 1 is 1.18 bits per heavy atom. The van der Waals surface area contributed by atoms with Crippen molar-refractivity contribution in [2.24, 2.45) is 5.14 Å². The van der Waals surface area contributed by atoms with Crippen molar-refractivity contribution in [2.75, 3.05) is 11.1 Å². The predicted molar refractivity (Wildman–Crippen MR) is 83.0 cm³/mol. The summed E-state index contributed by atoms with van der Waals surface area (Å²) in [4.78, 5) is 10.7. The lowest BCUT2D eigenvalue weighted by atomic mass is 10.1. The van der Waals surface area contributed by atoms with Gasteiger partial charge in [0.2, 0.25) is 10.0 Å². The van der Waals surface area contributed by atoms with Crippen LogP contribution in [0.15, 0.2) is 47.4 Å². The second-order valence-electron chi connectivity index (χ2n) is 4.63. The van der Waals surface area contributed by atoms with Crippen LogP contribution in [0.2, 0.25) is 0 Å². The quantitative estimate of drug-likeness (QED) is 0.611. The number of rotatable bonds is 5. The topological polar surface area (TPSA) is 136 Å². The molecule has 116 valence electrons. The molecule has 2 aromatic carbocycles. The van der Waals surface area contributed by atoms with Crippen molar-refractivity contribution in [2.45, 2.75) is 11.4 Å². The summed E-state index contributed by atoms with van der Waals surface area (Å²) in [5, 5.41) is 17.0. The third-order valence-electron chi connectivity index (χ3n) is 3.00. The lowest BCUT2D eigenvalue weighted by Crippen LogP contribution is -2.17. The maximum Gasteiger partial charge on any atom is 0.335 e. The summed E-state index contributed by atoms with van der Waals surface area (Å²) in [6.07, 6.45) is 0. The Morgan fingerprint density at radius 2 is 1.82 bits per heavy atom. The van der Waals surface area contributed by atoms with E-state index in [2.05, 4.69) is 5.32 Å². The molecule has 7 nitrogen and oxygen atoms in total. The lowest BCUT2D eigenvalue weighted by molar-refractivity contribution is 0.0696. The van der Waals surface area contributed by atoms with Crippen molar-refractivity contribution in [1.29, 1.82) is 0 Å². The van der Waals surface area contributed by atoms with E-state index < -0.39 is 16.0 Å². The van der Waals surface area contributed by atoms with E-state index in [4.69, 9.17) is 16.0 Å². The summed E-state index contributed by atoms with van der Waals surface area (Å²) < 4.78 is 23.4. The highest BCUT2D eigenvalue weighted by atomic mass is 32.2. The summed E-state index contributed by atoms with van der Waals surface area (Å²) in [6, 6.07) is 11.4. The van der Waals surface area contributed by atoms with Gasteiger partial charge in [-0.3, -0.25) is 0 Å². The molecule has 0 radical (unpaired) electrons. The average Bonchev–Trinajstić information content (AvgIpc) is 2.45.